The second-order valence-corrected chi connectivity index (χ2v) is 11.7. The number of carbonyl (C=O) groups excluding carboxylic acids is 5. The van der Waals surface area contributed by atoms with E-state index < -0.39 is 88.6 Å². The molecule has 1 amide bonds. The van der Waals surface area contributed by atoms with E-state index >= 15 is 0 Å². The topological polar surface area (TPSA) is 185 Å². The zero-order valence-corrected chi connectivity index (χ0v) is 22.1. The van der Waals surface area contributed by atoms with Gasteiger partial charge in [-0.25, -0.2) is 0 Å². The van der Waals surface area contributed by atoms with Gasteiger partial charge in [0.15, 0.2) is 23.0 Å². The number of aromatic hydroxyl groups is 1. The van der Waals surface area contributed by atoms with Crippen molar-refractivity contribution in [2.24, 2.45) is 35.3 Å². The number of fused-ring (bicyclic) bond motifs is 3. The van der Waals surface area contributed by atoms with Crippen LogP contribution in [0.4, 0.5) is 0 Å². The Morgan fingerprint density at radius 3 is 2.33 bits per heavy atom. The summed E-state index contributed by atoms with van der Waals surface area (Å²) in [5.74, 6) is -12.5. The zero-order chi connectivity index (χ0) is 28.5. The molecule has 0 aliphatic heterocycles. The number of esters is 1. The molecule has 4 aliphatic rings. The number of ether oxygens (including phenoxy) is 1. The van der Waals surface area contributed by atoms with Crippen LogP contribution in [0.5, 0.6) is 5.75 Å². The Morgan fingerprint density at radius 1 is 1.10 bits per heavy atom. The van der Waals surface area contributed by atoms with E-state index in [0.717, 1.165) is 12.8 Å². The number of aliphatic hydroxyl groups is 2. The quantitative estimate of drug-likeness (QED) is 0.297. The second-order valence-electron chi connectivity index (χ2n) is 11.7. The van der Waals surface area contributed by atoms with Crippen LogP contribution in [0.25, 0.3) is 0 Å². The van der Waals surface area contributed by atoms with Gasteiger partial charge in [0, 0.05) is 12.0 Å². The van der Waals surface area contributed by atoms with Gasteiger partial charge in [0.2, 0.25) is 5.91 Å². The molecule has 11 nitrogen and oxygen atoms in total. The van der Waals surface area contributed by atoms with Gasteiger partial charge in [0.1, 0.15) is 17.8 Å². The summed E-state index contributed by atoms with van der Waals surface area (Å²) in [6, 6.07) is 3.30. The van der Waals surface area contributed by atoms with Crippen LogP contribution in [0.2, 0.25) is 0 Å². The van der Waals surface area contributed by atoms with Crippen molar-refractivity contribution >= 4 is 29.2 Å². The van der Waals surface area contributed by atoms with Crippen LogP contribution < -0.4 is 5.73 Å². The maximum Gasteiger partial charge on any atom is 0.309 e. The first-order valence-corrected chi connectivity index (χ1v) is 13.3. The highest BCUT2D eigenvalue weighted by molar-refractivity contribution is 6.25. The third-order valence-corrected chi connectivity index (χ3v) is 9.49. The van der Waals surface area contributed by atoms with Crippen molar-refractivity contribution in [2.45, 2.75) is 62.4 Å². The average Bonchev–Trinajstić information content (AvgIpc) is 3.41. The summed E-state index contributed by atoms with van der Waals surface area (Å²) >= 11 is 0. The molecule has 9 atom stereocenters. The van der Waals surface area contributed by atoms with E-state index in [-0.39, 0.29) is 11.3 Å². The molecule has 210 valence electrons. The van der Waals surface area contributed by atoms with E-state index in [1.807, 2.05) is 0 Å². The maximum absolute atomic E-state index is 14.2. The van der Waals surface area contributed by atoms with E-state index in [1.165, 1.54) is 25.1 Å². The Labute approximate surface area is 225 Å². The maximum atomic E-state index is 14.2. The highest BCUT2D eigenvalue weighted by Gasteiger charge is 2.73. The van der Waals surface area contributed by atoms with Gasteiger partial charge in [-0.15, -0.1) is 0 Å². The fourth-order valence-electron chi connectivity index (χ4n) is 7.68. The number of primary amides is 1. The van der Waals surface area contributed by atoms with E-state index in [1.54, 1.807) is 19.1 Å². The lowest BCUT2D eigenvalue weighted by molar-refractivity contribution is -0.217. The molecule has 4 aliphatic carbocycles. The van der Waals surface area contributed by atoms with Crippen molar-refractivity contribution in [3.8, 4) is 5.75 Å². The zero-order valence-electron chi connectivity index (χ0n) is 22.1. The minimum atomic E-state index is -2.95. The molecule has 0 saturated heterocycles. The first-order valence-electron chi connectivity index (χ1n) is 13.3. The summed E-state index contributed by atoms with van der Waals surface area (Å²) < 4.78 is 6.09. The lowest BCUT2D eigenvalue weighted by atomic mass is 9.49. The first-order chi connectivity index (χ1) is 18.3. The van der Waals surface area contributed by atoms with Crippen molar-refractivity contribution in [3.05, 3.63) is 29.3 Å². The molecular formula is C28H34N2O9. The first kappa shape index (κ1) is 27.4. The molecule has 0 heterocycles. The number of nitrogens with zero attached hydrogens (tertiary/aromatic N) is 1. The summed E-state index contributed by atoms with van der Waals surface area (Å²) in [6.07, 6.45) is -0.190. The van der Waals surface area contributed by atoms with Crippen LogP contribution >= 0.6 is 0 Å². The number of aliphatic hydroxyl groups excluding tert-OH is 1. The molecule has 5 N–H and O–H groups in total. The van der Waals surface area contributed by atoms with Crippen molar-refractivity contribution in [1.82, 2.24) is 4.90 Å². The van der Waals surface area contributed by atoms with Gasteiger partial charge in [0.05, 0.1) is 29.4 Å². The highest BCUT2D eigenvalue weighted by Crippen LogP contribution is 2.56. The Kier molecular flexibility index (Phi) is 6.68. The molecule has 11 heteroatoms. The summed E-state index contributed by atoms with van der Waals surface area (Å²) in [4.78, 5) is 68.9. The normalized spacial score (nSPS) is 38.3. The molecule has 3 unspecified atom stereocenters. The van der Waals surface area contributed by atoms with Crippen LogP contribution in [-0.4, -0.2) is 87.4 Å². The van der Waals surface area contributed by atoms with Gasteiger partial charge in [-0.3, -0.25) is 24.0 Å². The van der Waals surface area contributed by atoms with Crippen molar-refractivity contribution < 1.29 is 44.0 Å². The Morgan fingerprint density at radius 2 is 1.74 bits per heavy atom. The largest absolute Gasteiger partial charge is 0.507 e. The van der Waals surface area contributed by atoms with Gasteiger partial charge in [0.25, 0.3) is 0 Å². The fourth-order valence-corrected chi connectivity index (χ4v) is 7.68. The van der Waals surface area contributed by atoms with E-state index in [4.69, 9.17) is 10.5 Å². The number of Topliss-reactive ketones (excluding diaryl/α,β-unsaturated/α-hetero) is 3. The van der Waals surface area contributed by atoms with Gasteiger partial charge in [-0.05, 0) is 44.5 Å². The second kappa shape index (κ2) is 9.50. The number of phenolic OH excluding ortho intramolecular Hbond substituents is 1. The molecule has 3 saturated carbocycles. The molecule has 0 bridgehead atoms. The molecule has 0 spiro atoms. The molecule has 0 radical (unpaired) electrons. The number of phenols is 1. The number of amides is 1. The van der Waals surface area contributed by atoms with Crippen LogP contribution in [0, 0.1) is 29.6 Å². The fraction of sp³-hybridized carbons (Fsp3) is 0.607. The molecule has 3 fully saturated rings. The minimum absolute atomic E-state index is 0.0959. The standard InChI is InChI=1S/C28H34N2O9/c1-11-13-9-6-10-14(31)16(13)21(32)17-15(11)23(39-27(37)12-7-4-5-8-12)19-20(30(2)3)22(33)18(26(29)36)25(35)28(19,38)24(17)34/h6,9-12,15,17-20,22-23,31,33,38H,4-5,7-8H2,1-3H3,(H2,29,36)/t11-,15+,17?,18?,19+,20-,22?,23-,28-/m1/s1. The minimum Gasteiger partial charge on any atom is -0.507 e. The SMILES string of the molecule is C[C@@H]1c2cccc(O)c2C(=O)C2C(=O)[C@@]3(O)C(=O)C(C(N)=O)C(O)[C@H](N(C)C)[C@H]3[C@H](OC(=O)C3CCCC3)[C@H]21. The van der Waals surface area contributed by atoms with Crippen molar-refractivity contribution in [3.63, 3.8) is 0 Å². The number of rotatable bonds is 4. The predicted octanol–water partition coefficient (Wildman–Crippen LogP) is -0.0683. The third kappa shape index (κ3) is 3.77. The number of carbonyl (C=O) groups is 5. The van der Waals surface area contributed by atoms with Crippen LogP contribution in [-0.2, 0) is 23.9 Å². The number of nitrogens with two attached hydrogens (primary N) is 1. The number of hydrogen-bond donors (Lipinski definition) is 4. The predicted molar refractivity (Wildman–Crippen MR) is 134 cm³/mol. The molecular weight excluding hydrogens is 508 g/mol. The Hall–Kier alpha value is -3.15. The van der Waals surface area contributed by atoms with E-state index in [2.05, 4.69) is 0 Å². The number of likely N-dealkylation sites (N-methyl/N-ethyl adjacent to an activating group) is 1. The molecule has 39 heavy (non-hydrogen) atoms. The third-order valence-electron chi connectivity index (χ3n) is 9.49. The number of benzene rings is 1. The molecule has 1 aromatic carbocycles. The lowest BCUT2D eigenvalue weighted by Gasteiger charge is -2.58. The van der Waals surface area contributed by atoms with E-state index in [9.17, 15) is 39.3 Å². The van der Waals surface area contributed by atoms with E-state index in [0.29, 0.717) is 18.4 Å². The van der Waals surface area contributed by atoms with Crippen LogP contribution in [0.15, 0.2) is 18.2 Å². The van der Waals surface area contributed by atoms with Crippen LogP contribution in [0.1, 0.15) is 54.4 Å². The molecule has 1 aromatic rings. The van der Waals surface area contributed by atoms with Gasteiger partial charge < -0.3 is 30.7 Å². The Bertz CT molecular complexity index is 1260. The Balaban J connectivity index is 1.74. The van der Waals surface area contributed by atoms with Crippen molar-refractivity contribution in [2.75, 3.05) is 14.1 Å². The summed E-state index contributed by atoms with van der Waals surface area (Å²) in [6.45, 7) is 1.73. The van der Waals surface area contributed by atoms with Gasteiger partial charge in [-0.1, -0.05) is 31.9 Å². The summed E-state index contributed by atoms with van der Waals surface area (Å²) in [5, 5.41) is 33.8. The lowest BCUT2D eigenvalue weighted by Crippen LogP contribution is -2.79. The average molecular weight is 543 g/mol. The monoisotopic (exact) mass is 542 g/mol. The van der Waals surface area contributed by atoms with Gasteiger partial charge >= 0.3 is 5.97 Å². The summed E-state index contributed by atoms with van der Waals surface area (Å²) in [5.41, 5.74) is 2.85. The molecule has 5 rings (SSSR count). The summed E-state index contributed by atoms with van der Waals surface area (Å²) in [7, 11) is 3.08. The number of ketones is 3. The molecule has 0 aromatic heterocycles. The van der Waals surface area contributed by atoms with Crippen molar-refractivity contribution in [1.29, 1.82) is 0 Å². The van der Waals surface area contributed by atoms with Gasteiger partial charge in [-0.2, -0.15) is 0 Å². The smallest absolute Gasteiger partial charge is 0.309 e. The number of hydrogen-bond acceptors (Lipinski definition) is 10. The van der Waals surface area contributed by atoms with Crippen LogP contribution in [0.3, 0.4) is 0 Å². The highest BCUT2D eigenvalue weighted by atomic mass is 16.5.